The van der Waals surface area contributed by atoms with Gasteiger partial charge >= 0.3 is 0 Å². The van der Waals surface area contributed by atoms with Gasteiger partial charge in [0.2, 0.25) is 17.9 Å². The van der Waals surface area contributed by atoms with Gasteiger partial charge in [-0.25, -0.2) is 9.98 Å². The summed E-state index contributed by atoms with van der Waals surface area (Å²) in [6, 6.07) is 50.3. The number of fused-ring (bicyclic) bond motifs is 4. The van der Waals surface area contributed by atoms with Gasteiger partial charge in [-0.1, -0.05) is 103 Å². The predicted molar refractivity (Wildman–Crippen MR) is 188 cm³/mol. The smallest absolute Gasteiger partial charge is 0.235 e. The van der Waals surface area contributed by atoms with E-state index in [0.29, 0.717) is 5.89 Å². The Morgan fingerprint density at radius 3 is 2.13 bits per heavy atom. The lowest BCUT2D eigenvalue weighted by atomic mass is 10.0. The van der Waals surface area contributed by atoms with Crippen LogP contribution in [0, 0.1) is 0 Å². The van der Waals surface area contributed by atoms with Crippen molar-refractivity contribution in [2.45, 2.75) is 6.17 Å². The van der Waals surface area contributed by atoms with E-state index in [9.17, 15) is 0 Å². The number of amidine groups is 2. The van der Waals surface area contributed by atoms with Crippen LogP contribution in [0.15, 0.2) is 160 Å². The number of aromatic nitrogens is 1. The fourth-order valence-electron chi connectivity index (χ4n) is 6.19. The Hall–Kier alpha value is -5.69. The first kappa shape index (κ1) is 26.7. The van der Waals surface area contributed by atoms with Crippen LogP contribution in [0.1, 0.15) is 22.9 Å². The zero-order valence-corrected chi connectivity index (χ0v) is 25.5. The van der Waals surface area contributed by atoms with Gasteiger partial charge in [0.1, 0.15) is 5.52 Å². The molecule has 0 amide bonds. The van der Waals surface area contributed by atoms with Crippen molar-refractivity contribution < 1.29 is 9.73 Å². The van der Waals surface area contributed by atoms with Crippen molar-refractivity contribution in [3.63, 3.8) is 0 Å². The van der Waals surface area contributed by atoms with Crippen molar-refractivity contribution >= 4 is 54.3 Å². The molecule has 1 aliphatic heterocycles. The van der Waals surface area contributed by atoms with Gasteiger partial charge in [-0.2, -0.15) is 4.99 Å². The highest BCUT2D eigenvalue weighted by molar-refractivity contribution is 7.26. The van der Waals surface area contributed by atoms with E-state index >= 15 is 0 Å². The van der Waals surface area contributed by atoms with Crippen LogP contribution >= 0.6 is 11.3 Å². The van der Waals surface area contributed by atoms with Gasteiger partial charge in [0.05, 0.1) is 5.56 Å². The molecule has 3 heterocycles. The quantitative estimate of drug-likeness (QED) is 0.211. The standard InChI is InChI=1S/C40H26N4OS/c1-4-11-25(12-5-1)37-42-38(26-13-6-2-7-14-26)44-39(43-37)29-19-21-31-32-18-10-17-30(36(32)46-35(31)24-29)28-20-22-33-34(23-28)45-40(41-33)27-15-8-3-9-16-27/h1-24,39H,(H,42,43,44)/p+1. The average Bonchev–Trinajstić information content (AvgIpc) is 3.74. The van der Waals surface area contributed by atoms with Crippen LogP contribution in [0.25, 0.3) is 53.9 Å². The zero-order valence-electron chi connectivity index (χ0n) is 24.7. The summed E-state index contributed by atoms with van der Waals surface area (Å²) in [6.45, 7) is 0. The fraction of sp³-hybridized carbons (Fsp3) is 0.0250. The summed E-state index contributed by atoms with van der Waals surface area (Å²) in [7, 11) is 0. The Labute approximate surface area is 269 Å². The lowest BCUT2D eigenvalue weighted by Crippen LogP contribution is -2.90. The molecular formula is C40H27N4OS+. The van der Waals surface area contributed by atoms with Crippen LogP contribution in [-0.4, -0.2) is 16.7 Å². The molecule has 6 heteroatoms. The summed E-state index contributed by atoms with van der Waals surface area (Å²) in [5, 5.41) is 4.68. The molecule has 1 atom stereocenters. The first-order valence-corrected chi connectivity index (χ1v) is 16.1. The van der Waals surface area contributed by atoms with Crippen molar-refractivity contribution in [1.82, 2.24) is 4.98 Å². The van der Waals surface area contributed by atoms with E-state index in [-0.39, 0.29) is 6.17 Å². The van der Waals surface area contributed by atoms with Gasteiger partial charge in [-0.05, 0) is 53.6 Å². The van der Waals surface area contributed by atoms with E-state index < -0.39 is 0 Å². The molecule has 0 aliphatic carbocycles. The molecule has 1 aliphatic rings. The number of benzene rings is 6. The molecule has 0 saturated heterocycles. The molecule has 5 nitrogen and oxygen atoms in total. The molecule has 1 unspecified atom stereocenters. The zero-order chi connectivity index (χ0) is 30.5. The normalized spacial score (nSPS) is 14.9. The molecular weight excluding hydrogens is 585 g/mol. The maximum absolute atomic E-state index is 6.22. The van der Waals surface area contributed by atoms with Gasteiger partial charge in [0.15, 0.2) is 11.4 Å². The lowest BCUT2D eigenvalue weighted by Gasteiger charge is -2.19. The molecule has 0 bridgehead atoms. The fourth-order valence-corrected chi connectivity index (χ4v) is 7.47. The maximum atomic E-state index is 6.22. The molecule has 0 saturated carbocycles. The third-order valence-electron chi connectivity index (χ3n) is 8.49. The van der Waals surface area contributed by atoms with Crippen LogP contribution in [0.2, 0.25) is 0 Å². The van der Waals surface area contributed by atoms with Crippen molar-refractivity contribution in [1.29, 1.82) is 0 Å². The molecule has 0 spiro atoms. The van der Waals surface area contributed by atoms with Crippen molar-refractivity contribution in [3.8, 4) is 22.6 Å². The van der Waals surface area contributed by atoms with E-state index in [1.807, 2.05) is 65.9 Å². The second-order valence-corrected chi connectivity index (χ2v) is 12.5. The van der Waals surface area contributed by atoms with Gasteiger partial charge in [-0.3, -0.25) is 5.32 Å². The van der Waals surface area contributed by atoms with Crippen molar-refractivity contribution in [2.75, 3.05) is 0 Å². The highest BCUT2D eigenvalue weighted by Gasteiger charge is 2.26. The minimum Gasteiger partial charge on any atom is -0.436 e. The summed E-state index contributed by atoms with van der Waals surface area (Å²) in [6.07, 6.45) is -0.148. The van der Waals surface area contributed by atoms with E-state index in [0.717, 1.165) is 50.6 Å². The number of oxazole rings is 1. The summed E-state index contributed by atoms with van der Waals surface area (Å²) < 4.78 is 8.71. The second kappa shape index (κ2) is 11.0. The number of hydrogen-bond acceptors (Lipinski definition) is 5. The minimum atomic E-state index is -0.148. The highest BCUT2D eigenvalue weighted by Crippen LogP contribution is 2.41. The molecule has 2 aromatic heterocycles. The minimum absolute atomic E-state index is 0.148. The monoisotopic (exact) mass is 611 g/mol. The Balaban J connectivity index is 1.11. The number of rotatable bonds is 5. The third-order valence-corrected chi connectivity index (χ3v) is 9.69. The number of thiophene rings is 1. The van der Waals surface area contributed by atoms with E-state index in [2.05, 4.69) is 96.3 Å². The number of aliphatic imine (C=N–C) groups is 2. The van der Waals surface area contributed by atoms with Crippen molar-refractivity contribution in [3.05, 3.63) is 162 Å². The Morgan fingerprint density at radius 2 is 1.35 bits per heavy atom. The first-order chi connectivity index (χ1) is 22.8. The SMILES string of the molecule is c1ccc(C2=NC(c3ccc4c(c3)sc3c(-c5ccc6nc(-c7ccccc7)oc6c5)cccc34)[NH2+]C(c3ccccc3)=N2)cc1. The van der Waals surface area contributed by atoms with Gasteiger partial charge in [0.25, 0.3) is 0 Å². The number of nitrogens with zero attached hydrogens (tertiary/aromatic N) is 3. The van der Waals surface area contributed by atoms with Crippen LogP contribution in [0.4, 0.5) is 0 Å². The largest absolute Gasteiger partial charge is 0.436 e. The Kier molecular flexibility index (Phi) is 6.40. The summed E-state index contributed by atoms with van der Waals surface area (Å²) in [5.74, 6) is 2.33. The molecule has 46 heavy (non-hydrogen) atoms. The first-order valence-electron chi connectivity index (χ1n) is 15.3. The average molecular weight is 612 g/mol. The molecule has 6 aromatic carbocycles. The highest BCUT2D eigenvalue weighted by atomic mass is 32.1. The molecule has 0 radical (unpaired) electrons. The van der Waals surface area contributed by atoms with Gasteiger partial charge in [-0.15, -0.1) is 11.3 Å². The van der Waals surface area contributed by atoms with Crippen LogP contribution in [0.3, 0.4) is 0 Å². The second-order valence-electron chi connectivity index (χ2n) is 11.4. The maximum Gasteiger partial charge on any atom is 0.235 e. The topological polar surface area (TPSA) is 67.4 Å². The van der Waals surface area contributed by atoms with Crippen molar-refractivity contribution in [2.24, 2.45) is 9.98 Å². The van der Waals surface area contributed by atoms with E-state index in [1.54, 1.807) is 0 Å². The summed E-state index contributed by atoms with van der Waals surface area (Å²) in [4.78, 5) is 14.9. The molecule has 0 fully saturated rings. The molecule has 218 valence electrons. The Bertz CT molecular complexity index is 2440. The number of nitrogens with two attached hydrogens (primary N) is 1. The van der Waals surface area contributed by atoms with E-state index in [4.69, 9.17) is 19.4 Å². The molecule has 9 rings (SSSR count). The number of quaternary nitrogens is 1. The van der Waals surface area contributed by atoms with Gasteiger partial charge < -0.3 is 4.42 Å². The molecule has 8 aromatic rings. The van der Waals surface area contributed by atoms with E-state index in [1.165, 1.54) is 25.7 Å². The van der Waals surface area contributed by atoms with Gasteiger partial charge in [0, 0.05) is 36.9 Å². The molecule has 2 N–H and O–H groups in total. The Morgan fingerprint density at radius 1 is 0.609 bits per heavy atom. The number of hydrogen-bond donors (Lipinski definition) is 1. The van der Waals surface area contributed by atoms with Crippen LogP contribution in [0.5, 0.6) is 0 Å². The summed E-state index contributed by atoms with van der Waals surface area (Å²) >= 11 is 1.82. The lowest BCUT2D eigenvalue weighted by molar-refractivity contribution is -0.586. The predicted octanol–water partition coefficient (Wildman–Crippen LogP) is 9.00. The van der Waals surface area contributed by atoms with Crippen LogP contribution < -0.4 is 5.32 Å². The summed E-state index contributed by atoms with van der Waals surface area (Å²) in [5.41, 5.74) is 8.16. The van der Waals surface area contributed by atoms with Crippen LogP contribution in [-0.2, 0) is 0 Å². The third kappa shape index (κ3) is 4.72.